The molecule has 27 heavy (non-hydrogen) atoms. The van der Waals surface area contributed by atoms with Crippen molar-refractivity contribution in [1.82, 2.24) is 0 Å². The standard InChI is InChI=1S/C21H25ClNO3S/c1-12-13(2)21-17(19(25)15-8-6-7-9-16(15)27-21)18(22)20(12)26-11-14(24)10-23(3,4)5/h6-9,14,24H,10-11H2,1-5H3/q+1. The molecular formula is C21H25ClNO3S+. The maximum absolute atomic E-state index is 13.1. The van der Waals surface area contributed by atoms with Crippen molar-refractivity contribution in [3.8, 4) is 5.75 Å². The summed E-state index contributed by atoms with van der Waals surface area (Å²) in [4.78, 5) is 13.1. The van der Waals surface area contributed by atoms with Gasteiger partial charge in [-0.1, -0.05) is 23.7 Å². The molecule has 4 nitrogen and oxygen atoms in total. The van der Waals surface area contributed by atoms with Gasteiger partial charge in [-0.3, -0.25) is 4.79 Å². The molecule has 2 aromatic carbocycles. The van der Waals surface area contributed by atoms with Gasteiger partial charge in [0.15, 0.2) is 5.43 Å². The highest BCUT2D eigenvalue weighted by molar-refractivity contribution is 7.24. The summed E-state index contributed by atoms with van der Waals surface area (Å²) in [5.41, 5.74) is 1.80. The fraction of sp³-hybridized carbons (Fsp3) is 0.381. The summed E-state index contributed by atoms with van der Waals surface area (Å²) in [5.74, 6) is 0.488. The van der Waals surface area contributed by atoms with Crippen molar-refractivity contribution in [3.05, 3.63) is 50.6 Å². The SMILES string of the molecule is Cc1c(OCC(O)C[N+](C)(C)C)c(Cl)c2c(=O)c3ccccc3sc2c1C. The molecule has 3 aromatic rings. The predicted molar refractivity (Wildman–Crippen MR) is 114 cm³/mol. The molecule has 0 aliphatic heterocycles. The van der Waals surface area contributed by atoms with E-state index >= 15 is 0 Å². The topological polar surface area (TPSA) is 46.5 Å². The smallest absolute Gasteiger partial charge is 0.197 e. The Kier molecular flexibility index (Phi) is 5.50. The van der Waals surface area contributed by atoms with Gasteiger partial charge in [-0.05, 0) is 37.1 Å². The van der Waals surface area contributed by atoms with E-state index in [-0.39, 0.29) is 12.0 Å². The van der Waals surface area contributed by atoms with Gasteiger partial charge in [0.1, 0.15) is 25.0 Å². The second-order valence-corrected chi connectivity index (χ2v) is 9.39. The fourth-order valence-electron chi connectivity index (χ4n) is 3.26. The summed E-state index contributed by atoms with van der Waals surface area (Å²) in [5, 5.41) is 11.8. The Morgan fingerprint density at radius 3 is 2.52 bits per heavy atom. The molecule has 0 radical (unpaired) electrons. The van der Waals surface area contributed by atoms with Crippen LogP contribution in [-0.2, 0) is 0 Å². The van der Waals surface area contributed by atoms with Crippen LogP contribution in [0.15, 0.2) is 29.1 Å². The number of quaternary nitrogens is 1. The van der Waals surface area contributed by atoms with E-state index < -0.39 is 6.10 Å². The molecule has 3 rings (SSSR count). The Bertz CT molecular complexity index is 1070. The highest BCUT2D eigenvalue weighted by Crippen LogP contribution is 2.40. The Hall–Kier alpha value is -1.66. The van der Waals surface area contributed by atoms with Crippen molar-refractivity contribution in [2.75, 3.05) is 34.3 Å². The largest absolute Gasteiger partial charge is 0.489 e. The van der Waals surface area contributed by atoms with Crippen LogP contribution >= 0.6 is 22.9 Å². The number of fused-ring (bicyclic) bond motifs is 2. The molecule has 0 aliphatic rings. The van der Waals surface area contributed by atoms with Crippen molar-refractivity contribution in [3.63, 3.8) is 0 Å². The fourth-order valence-corrected chi connectivity index (χ4v) is 4.93. The number of benzene rings is 2. The van der Waals surface area contributed by atoms with E-state index in [4.69, 9.17) is 16.3 Å². The van der Waals surface area contributed by atoms with Crippen molar-refractivity contribution < 1.29 is 14.3 Å². The van der Waals surface area contributed by atoms with E-state index in [9.17, 15) is 9.90 Å². The van der Waals surface area contributed by atoms with Crippen LogP contribution in [0.1, 0.15) is 11.1 Å². The maximum atomic E-state index is 13.1. The lowest BCUT2D eigenvalue weighted by Gasteiger charge is -2.27. The van der Waals surface area contributed by atoms with E-state index in [1.54, 1.807) is 11.3 Å². The molecule has 1 atom stereocenters. The number of nitrogens with zero attached hydrogens (tertiary/aromatic N) is 1. The number of aliphatic hydroxyl groups is 1. The zero-order valence-electron chi connectivity index (χ0n) is 16.3. The van der Waals surface area contributed by atoms with Gasteiger partial charge in [0.05, 0.1) is 31.6 Å². The first-order valence-corrected chi connectivity index (χ1v) is 10.0. The number of likely N-dealkylation sites (N-methyl/N-ethyl adjacent to an activating group) is 1. The normalized spacial score (nSPS) is 13.3. The van der Waals surface area contributed by atoms with Gasteiger partial charge in [-0.25, -0.2) is 0 Å². The van der Waals surface area contributed by atoms with E-state index in [1.165, 1.54) is 0 Å². The average Bonchev–Trinajstić information content (AvgIpc) is 2.58. The zero-order valence-corrected chi connectivity index (χ0v) is 17.9. The molecule has 0 amide bonds. The maximum Gasteiger partial charge on any atom is 0.197 e. The number of rotatable bonds is 5. The second-order valence-electron chi connectivity index (χ2n) is 7.96. The first kappa shape index (κ1) is 20.1. The third-order valence-electron chi connectivity index (χ3n) is 4.64. The van der Waals surface area contributed by atoms with Crippen LogP contribution in [0, 0.1) is 13.8 Å². The van der Waals surface area contributed by atoms with Crippen LogP contribution in [-0.4, -0.2) is 50.0 Å². The van der Waals surface area contributed by atoms with Crippen LogP contribution in [0.25, 0.3) is 20.2 Å². The summed E-state index contributed by atoms with van der Waals surface area (Å²) >= 11 is 8.21. The Morgan fingerprint density at radius 2 is 1.85 bits per heavy atom. The van der Waals surface area contributed by atoms with Crippen LogP contribution in [0.3, 0.4) is 0 Å². The zero-order chi connectivity index (χ0) is 19.9. The summed E-state index contributed by atoms with van der Waals surface area (Å²) < 4.78 is 8.37. The van der Waals surface area contributed by atoms with Gasteiger partial charge in [0.25, 0.3) is 0 Å². The highest BCUT2D eigenvalue weighted by atomic mass is 35.5. The van der Waals surface area contributed by atoms with E-state index in [0.29, 0.717) is 32.6 Å². The highest BCUT2D eigenvalue weighted by Gasteiger charge is 2.21. The lowest BCUT2D eigenvalue weighted by Crippen LogP contribution is -2.43. The third-order valence-corrected chi connectivity index (χ3v) is 6.29. The third kappa shape index (κ3) is 3.97. The Labute approximate surface area is 168 Å². The molecule has 0 spiro atoms. The van der Waals surface area contributed by atoms with E-state index in [0.717, 1.165) is 20.5 Å². The van der Waals surface area contributed by atoms with Crippen LogP contribution in [0.2, 0.25) is 5.02 Å². The minimum absolute atomic E-state index is 0.0794. The molecule has 0 saturated carbocycles. The molecule has 0 fully saturated rings. The number of halogens is 1. The van der Waals surface area contributed by atoms with Gasteiger partial charge in [-0.15, -0.1) is 11.3 Å². The van der Waals surface area contributed by atoms with Gasteiger partial charge in [0, 0.05) is 14.8 Å². The summed E-state index contributed by atoms with van der Waals surface area (Å²) in [6, 6.07) is 7.57. The van der Waals surface area contributed by atoms with Gasteiger partial charge >= 0.3 is 0 Å². The van der Waals surface area contributed by atoms with Crippen molar-refractivity contribution >= 4 is 43.1 Å². The lowest BCUT2D eigenvalue weighted by molar-refractivity contribution is -0.873. The quantitative estimate of drug-likeness (QED) is 0.512. The first-order chi connectivity index (χ1) is 12.6. The summed E-state index contributed by atoms with van der Waals surface area (Å²) in [6.45, 7) is 4.61. The molecule has 1 unspecified atom stereocenters. The minimum Gasteiger partial charge on any atom is -0.489 e. The number of hydrogen-bond acceptors (Lipinski definition) is 4. The monoisotopic (exact) mass is 406 g/mol. The number of aliphatic hydroxyl groups excluding tert-OH is 1. The van der Waals surface area contributed by atoms with E-state index in [1.807, 2.05) is 59.3 Å². The average molecular weight is 407 g/mol. The first-order valence-electron chi connectivity index (χ1n) is 8.85. The molecule has 0 bridgehead atoms. The molecule has 6 heteroatoms. The number of aryl methyl sites for hydroxylation is 1. The van der Waals surface area contributed by atoms with Crippen molar-refractivity contribution in [2.45, 2.75) is 20.0 Å². The summed E-state index contributed by atoms with van der Waals surface area (Å²) in [6.07, 6.45) is -0.623. The number of hydrogen-bond donors (Lipinski definition) is 1. The van der Waals surface area contributed by atoms with Gasteiger partial charge < -0.3 is 14.3 Å². The van der Waals surface area contributed by atoms with Gasteiger partial charge in [-0.2, -0.15) is 0 Å². The van der Waals surface area contributed by atoms with E-state index in [2.05, 4.69) is 0 Å². The van der Waals surface area contributed by atoms with Crippen molar-refractivity contribution in [1.29, 1.82) is 0 Å². The molecule has 0 saturated heterocycles. The van der Waals surface area contributed by atoms with Crippen LogP contribution in [0.4, 0.5) is 0 Å². The summed E-state index contributed by atoms with van der Waals surface area (Å²) in [7, 11) is 6.04. The molecule has 0 aliphatic carbocycles. The van der Waals surface area contributed by atoms with Gasteiger partial charge in [0.2, 0.25) is 0 Å². The Balaban J connectivity index is 2.11. The minimum atomic E-state index is -0.623. The molecule has 1 N–H and O–H groups in total. The second kappa shape index (κ2) is 7.40. The van der Waals surface area contributed by atoms with Crippen molar-refractivity contribution in [2.24, 2.45) is 0 Å². The van der Waals surface area contributed by atoms with Crippen LogP contribution in [0.5, 0.6) is 5.75 Å². The molecule has 1 heterocycles. The molecule has 144 valence electrons. The predicted octanol–water partition coefficient (Wildman–Crippen LogP) is 4.13. The number of ether oxygens (including phenoxy) is 1. The Morgan fingerprint density at radius 1 is 1.19 bits per heavy atom. The lowest BCUT2D eigenvalue weighted by atomic mass is 10.0. The molecule has 1 aromatic heterocycles. The molecular weight excluding hydrogens is 382 g/mol. The van der Waals surface area contributed by atoms with Crippen LogP contribution < -0.4 is 10.2 Å².